The maximum absolute atomic E-state index is 5.75. The Hall–Kier alpha value is -1.22. The quantitative estimate of drug-likeness (QED) is 0.833. The van der Waals surface area contributed by atoms with Crippen molar-refractivity contribution in [1.29, 1.82) is 0 Å². The minimum absolute atomic E-state index is 0.530. The van der Waals surface area contributed by atoms with E-state index in [2.05, 4.69) is 13.8 Å². The maximum Gasteiger partial charge on any atom is 0.164 e. The molecular weight excluding hydrogens is 202 g/mol. The van der Waals surface area contributed by atoms with Gasteiger partial charge in [-0.25, -0.2) is 0 Å². The maximum atomic E-state index is 5.75. The lowest BCUT2D eigenvalue weighted by atomic mass is 9.96. The van der Waals surface area contributed by atoms with Crippen LogP contribution in [0.3, 0.4) is 0 Å². The Morgan fingerprint density at radius 2 is 1.88 bits per heavy atom. The summed E-state index contributed by atoms with van der Waals surface area (Å²) in [5.74, 6) is 2.15. The molecule has 0 aromatic heterocycles. The topological polar surface area (TPSA) is 44.5 Å². The van der Waals surface area contributed by atoms with E-state index in [-0.39, 0.29) is 0 Å². The van der Waals surface area contributed by atoms with E-state index in [9.17, 15) is 0 Å². The molecule has 0 aliphatic heterocycles. The molecule has 16 heavy (non-hydrogen) atoms. The number of rotatable bonds is 5. The normalized spacial score (nSPS) is 10.6. The van der Waals surface area contributed by atoms with Crippen LogP contribution in [0.2, 0.25) is 0 Å². The van der Waals surface area contributed by atoms with Gasteiger partial charge in [0.05, 0.1) is 14.2 Å². The molecule has 90 valence electrons. The molecule has 3 nitrogen and oxygen atoms in total. The molecule has 0 aliphatic carbocycles. The fourth-order valence-electron chi connectivity index (χ4n) is 1.85. The number of hydrogen-bond acceptors (Lipinski definition) is 3. The van der Waals surface area contributed by atoms with Crippen molar-refractivity contribution in [2.24, 2.45) is 11.7 Å². The van der Waals surface area contributed by atoms with Crippen LogP contribution < -0.4 is 15.2 Å². The fraction of sp³-hybridized carbons (Fsp3) is 0.538. The van der Waals surface area contributed by atoms with Crippen molar-refractivity contribution in [3.63, 3.8) is 0 Å². The first-order chi connectivity index (χ1) is 7.63. The Morgan fingerprint density at radius 1 is 1.19 bits per heavy atom. The van der Waals surface area contributed by atoms with Crippen molar-refractivity contribution >= 4 is 0 Å². The average molecular weight is 223 g/mol. The predicted molar refractivity (Wildman–Crippen MR) is 66.0 cm³/mol. The summed E-state index contributed by atoms with van der Waals surface area (Å²) in [6, 6.07) is 3.92. The van der Waals surface area contributed by atoms with Gasteiger partial charge in [-0.2, -0.15) is 0 Å². The molecule has 1 aromatic rings. The van der Waals surface area contributed by atoms with Crippen molar-refractivity contribution in [3.8, 4) is 11.5 Å². The Labute approximate surface area is 97.6 Å². The zero-order valence-corrected chi connectivity index (χ0v) is 10.5. The highest BCUT2D eigenvalue weighted by molar-refractivity contribution is 5.51. The van der Waals surface area contributed by atoms with Gasteiger partial charge in [-0.15, -0.1) is 0 Å². The lowest BCUT2D eigenvalue weighted by Gasteiger charge is -2.17. The van der Waals surface area contributed by atoms with Crippen LogP contribution in [0.25, 0.3) is 0 Å². The van der Waals surface area contributed by atoms with E-state index >= 15 is 0 Å². The van der Waals surface area contributed by atoms with Crippen molar-refractivity contribution in [3.05, 3.63) is 23.3 Å². The standard InChI is InChI=1S/C13H21NO2/c1-9(2)7-11-10(8-14)5-6-12(15-3)13(11)16-4/h5-6,9H,7-8,14H2,1-4H3. The van der Waals surface area contributed by atoms with Crippen molar-refractivity contribution < 1.29 is 9.47 Å². The zero-order valence-electron chi connectivity index (χ0n) is 10.5. The molecule has 3 heteroatoms. The number of methoxy groups -OCH3 is 2. The molecule has 0 atom stereocenters. The summed E-state index contributed by atoms with van der Waals surface area (Å²) in [7, 11) is 3.32. The first kappa shape index (κ1) is 12.8. The Balaban J connectivity index is 3.25. The summed E-state index contributed by atoms with van der Waals surface area (Å²) >= 11 is 0. The van der Waals surface area contributed by atoms with E-state index in [1.807, 2.05) is 12.1 Å². The van der Waals surface area contributed by atoms with E-state index in [4.69, 9.17) is 15.2 Å². The molecule has 0 fully saturated rings. The van der Waals surface area contributed by atoms with E-state index in [1.54, 1.807) is 14.2 Å². The molecule has 0 amide bonds. The SMILES string of the molecule is COc1ccc(CN)c(CC(C)C)c1OC. The Kier molecular flexibility index (Phi) is 4.62. The second kappa shape index (κ2) is 5.75. The minimum Gasteiger partial charge on any atom is -0.493 e. The van der Waals surface area contributed by atoms with Gasteiger partial charge < -0.3 is 15.2 Å². The van der Waals surface area contributed by atoms with Gasteiger partial charge in [-0.3, -0.25) is 0 Å². The highest BCUT2D eigenvalue weighted by Gasteiger charge is 2.14. The third kappa shape index (κ3) is 2.67. The van der Waals surface area contributed by atoms with Gasteiger partial charge in [0.1, 0.15) is 0 Å². The lowest BCUT2D eigenvalue weighted by Crippen LogP contribution is -2.07. The van der Waals surface area contributed by atoms with E-state index in [0.717, 1.165) is 23.5 Å². The molecule has 0 radical (unpaired) electrons. The summed E-state index contributed by atoms with van der Waals surface area (Å²) in [6.07, 6.45) is 0.951. The minimum atomic E-state index is 0.530. The molecular formula is C13H21NO2. The predicted octanol–water partition coefficient (Wildman–Crippen LogP) is 2.36. The van der Waals surface area contributed by atoms with Crippen LogP contribution in [0.15, 0.2) is 12.1 Å². The largest absolute Gasteiger partial charge is 0.493 e. The monoisotopic (exact) mass is 223 g/mol. The van der Waals surface area contributed by atoms with Crippen molar-refractivity contribution in [2.75, 3.05) is 14.2 Å². The Bertz CT molecular complexity index is 348. The molecule has 0 bridgehead atoms. The fourth-order valence-corrected chi connectivity index (χ4v) is 1.85. The Morgan fingerprint density at radius 3 is 2.31 bits per heavy atom. The third-order valence-corrected chi connectivity index (χ3v) is 2.58. The smallest absolute Gasteiger partial charge is 0.164 e. The highest BCUT2D eigenvalue weighted by Crippen LogP contribution is 2.34. The van der Waals surface area contributed by atoms with Gasteiger partial charge >= 0.3 is 0 Å². The molecule has 0 saturated heterocycles. The highest BCUT2D eigenvalue weighted by atomic mass is 16.5. The van der Waals surface area contributed by atoms with E-state index in [0.29, 0.717) is 12.5 Å². The molecule has 0 saturated carbocycles. The first-order valence-corrected chi connectivity index (χ1v) is 5.56. The summed E-state index contributed by atoms with van der Waals surface area (Å²) < 4.78 is 10.7. The van der Waals surface area contributed by atoms with Crippen LogP contribution in [-0.4, -0.2) is 14.2 Å². The molecule has 0 spiro atoms. The van der Waals surface area contributed by atoms with Crippen LogP contribution in [0, 0.1) is 5.92 Å². The number of hydrogen-bond donors (Lipinski definition) is 1. The average Bonchev–Trinajstić information content (AvgIpc) is 2.27. The molecule has 1 aromatic carbocycles. The molecule has 0 aliphatic rings. The van der Waals surface area contributed by atoms with Crippen LogP contribution in [0.4, 0.5) is 0 Å². The van der Waals surface area contributed by atoms with Crippen molar-refractivity contribution in [1.82, 2.24) is 0 Å². The van der Waals surface area contributed by atoms with Gasteiger partial charge in [0, 0.05) is 12.1 Å². The summed E-state index contributed by atoms with van der Waals surface area (Å²) in [4.78, 5) is 0. The van der Waals surface area contributed by atoms with Gasteiger partial charge in [-0.05, 0) is 24.0 Å². The van der Waals surface area contributed by atoms with Crippen LogP contribution >= 0.6 is 0 Å². The van der Waals surface area contributed by atoms with Crippen molar-refractivity contribution in [2.45, 2.75) is 26.8 Å². The van der Waals surface area contributed by atoms with Crippen LogP contribution in [0.1, 0.15) is 25.0 Å². The van der Waals surface area contributed by atoms with E-state index in [1.165, 1.54) is 5.56 Å². The van der Waals surface area contributed by atoms with Gasteiger partial charge in [0.25, 0.3) is 0 Å². The number of ether oxygens (including phenoxy) is 2. The second-order valence-corrected chi connectivity index (χ2v) is 4.24. The molecule has 0 heterocycles. The zero-order chi connectivity index (χ0) is 12.1. The molecule has 1 rings (SSSR count). The number of nitrogens with two attached hydrogens (primary N) is 1. The van der Waals surface area contributed by atoms with Gasteiger partial charge in [0.15, 0.2) is 11.5 Å². The summed E-state index contributed by atoms with van der Waals surface area (Å²) in [6.45, 7) is 4.89. The lowest BCUT2D eigenvalue weighted by molar-refractivity contribution is 0.349. The third-order valence-electron chi connectivity index (χ3n) is 2.58. The summed E-state index contributed by atoms with van der Waals surface area (Å²) in [5, 5.41) is 0. The molecule has 2 N–H and O–H groups in total. The second-order valence-electron chi connectivity index (χ2n) is 4.24. The molecule has 0 unspecified atom stereocenters. The first-order valence-electron chi connectivity index (χ1n) is 5.56. The van der Waals surface area contributed by atoms with E-state index < -0.39 is 0 Å². The number of benzene rings is 1. The van der Waals surface area contributed by atoms with Gasteiger partial charge in [-0.1, -0.05) is 19.9 Å². The van der Waals surface area contributed by atoms with Crippen LogP contribution in [0.5, 0.6) is 11.5 Å². The summed E-state index contributed by atoms with van der Waals surface area (Å²) in [5.41, 5.74) is 8.04. The van der Waals surface area contributed by atoms with Crippen LogP contribution in [-0.2, 0) is 13.0 Å². The van der Waals surface area contributed by atoms with Gasteiger partial charge in [0.2, 0.25) is 0 Å².